The average molecular weight is 152 g/mol. The molecule has 0 aromatic carbocycles. The molecule has 0 aliphatic heterocycles. The Morgan fingerprint density at radius 2 is 2.00 bits per heavy atom. The van der Waals surface area contributed by atoms with E-state index in [0.717, 1.165) is 12.2 Å². The van der Waals surface area contributed by atoms with E-state index in [9.17, 15) is 0 Å². The van der Waals surface area contributed by atoms with Gasteiger partial charge in [-0.15, -0.1) is 0 Å². The van der Waals surface area contributed by atoms with Crippen molar-refractivity contribution in [2.45, 2.75) is 27.2 Å². The summed E-state index contributed by atoms with van der Waals surface area (Å²) in [7, 11) is 1.74. The molecule has 0 bridgehead atoms. The summed E-state index contributed by atoms with van der Waals surface area (Å²) in [5, 5.41) is 0. The normalized spacial score (nSPS) is 22.2. The van der Waals surface area contributed by atoms with Crippen LogP contribution in [-0.4, -0.2) is 7.11 Å². The zero-order valence-electron chi connectivity index (χ0n) is 7.77. The molecule has 1 nitrogen and oxygen atoms in total. The zero-order chi connectivity index (χ0) is 8.48. The first-order valence-electron chi connectivity index (χ1n) is 3.98. The molecule has 0 radical (unpaired) electrons. The van der Waals surface area contributed by atoms with Crippen LogP contribution in [0.15, 0.2) is 23.5 Å². The Hall–Kier alpha value is -0.720. The van der Waals surface area contributed by atoms with Crippen molar-refractivity contribution in [1.29, 1.82) is 0 Å². The largest absolute Gasteiger partial charge is 0.501 e. The van der Waals surface area contributed by atoms with E-state index in [1.165, 1.54) is 5.57 Å². The lowest BCUT2D eigenvalue weighted by atomic mass is 9.81. The first kappa shape index (κ1) is 8.38. The van der Waals surface area contributed by atoms with Crippen molar-refractivity contribution >= 4 is 0 Å². The van der Waals surface area contributed by atoms with Crippen LogP contribution >= 0.6 is 0 Å². The summed E-state index contributed by atoms with van der Waals surface area (Å²) in [5.74, 6) is 1.09. The monoisotopic (exact) mass is 152 g/mol. The molecule has 0 N–H and O–H groups in total. The highest BCUT2D eigenvalue weighted by Gasteiger charge is 2.26. The molecule has 1 heteroatoms. The molecule has 0 aromatic rings. The van der Waals surface area contributed by atoms with E-state index >= 15 is 0 Å². The van der Waals surface area contributed by atoms with E-state index in [-0.39, 0.29) is 5.41 Å². The van der Waals surface area contributed by atoms with Gasteiger partial charge in [0.05, 0.1) is 7.11 Å². The quantitative estimate of drug-likeness (QED) is 0.561. The van der Waals surface area contributed by atoms with Gasteiger partial charge in [-0.2, -0.15) is 0 Å². The molecule has 1 aliphatic rings. The van der Waals surface area contributed by atoms with Crippen molar-refractivity contribution in [3.63, 3.8) is 0 Å². The highest BCUT2D eigenvalue weighted by Crippen LogP contribution is 2.36. The maximum absolute atomic E-state index is 5.27. The van der Waals surface area contributed by atoms with Crippen molar-refractivity contribution in [2.75, 3.05) is 7.11 Å². The lowest BCUT2D eigenvalue weighted by Crippen LogP contribution is -2.18. The second-order valence-electron chi connectivity index (χ2n) is 3.81. The third-order valence-electron chi connectivity index (χ3n) is 2.13. The highest BCUT2D eigenvalue weighted by atomic mass is 16.5. The molecule has 0 heterocycles. The van der Waals surface area contributed by atoms with Crippen LogP contribution in [0, 0.1) is 5.41 Å². The van der Waals surface area contributed by atoms with Gasteiger partial charge in [0, 0.05) is 5.41 Å². The van der Waals surface area contributed by atoms with E-state index in [4.69, 9.17) is 4.74 Å². The van der Waals surface area contributed by atoms with Crippen LogP contribution in [0.3, 0.4) is 0 Å². The summed E-state index contributed by atoms with van der Waals surface area (Å²) in [6, 6.07) is 0. The number of allylic oxidation sites excluding steroid dienone is 4. The molecule has 0 fully saturated rings. The van der Waals surface area contributed by atoms with Crippen LogP contribution in [0.5, 0.6) is 0 Å². The van der Waals surface area contributed by atoms with Crippen molar-refractivity contribution in [1.82, 2.24) is 0 Å². The smallest absolute Gasteiger partial charge is 0.101 e. The van der Waals surface area contributed by atoms with Crippen molar-refractivity contribution in [2.24, 2.45) is 5.41 Å². The highest BCUT2D eigenvalue weighted by molar-refractivity contribution is 5.25. The summed E-state index contributed by atoms with van der Waals surface area (Å²) < 4.78 is 5.27. The molecule has 1 aliphatic carbocycles. The molecule has 1 rings (SSSR count). The molecule has 62 valence electrons. The fourth-order valence-electron chi connectivity index (χ4n) is 1.63. The molecular weight excluding hydrogens is 136 g/mol. The standard InChI is InChI=1S/C10H16O/c1-8-5-6-9(11-4)10(2,3)7-8/h5-6H,7H2,1-4H3. The number of methoxy groups -OCH3 is 1. The molecule has 0 saturated carbocycles. The van der Waals surface area contributed by atoms with Gasteiger partial charge in [-0.1, -0.05) is 25.5 Å². The molecule has 0 unspecified atom stereocenters. The third-order valence-corrected chi connectivity index (χ3v) is 2.13. The number of rotatable bonds is 1. The maximum Gasteiger partial charge on any atom is 0.101 e. The molecule has 11 heavy (non-hydrogen) atoms. The molecule has 0 spiro atoms. The summed E-state index contributed by atoms with van der Waals surface area (Å²) in [6.45, 7) is 6.57. The average Bonchev–Trinajstić information content (AvgIpc) is 1.85. The van der Waals surface area contributed by atoms with E-state index in [1.54, 1.807) is 7.11 Å². The Labute approximate surface area is 68.8 Å². The minimum absolute atomic E-state index is 0.188. The molecule has 0 saturated heterocycles. The van der Waals surface area contributed by atoms with E-state index < -0.39 is 0 Å². The first-order valence-corrected chi connectivity index (χ1v) is 3.98. The summed E-state index contributed by atoms with van der Waals surface area (Å²) in [5.41, 5.74) is 1.61. The molecular formula is C10H16O. The number of ether oxygens (including phenoxy) is 1. The van der Waals surface area contributed by atoms with Gasteiger partial charge >= 0.3 is 0 Å². The van der Waals surface area contributed by atoms with Gasteiger partial charge in [-0.05, 0) is 19.4 Å². The summed E-state index contributed by atoms with van der Waals surface area (Å²) in [6.07, 6.45) is 5.30. The van der Waals surface area contributed by atoms with Gasteiger partial charge in [-0.3, -0.25) is 0 Å². The molecule has 0 aromatic heterocycles. The van der Waals surface area contributed by atoms with Crippen LogP contribution < -0.4 is 0 Å². The van der Waals surface area contributed by atoms with Gasteiger partial charge in [0.2, 0.25) is 0 Å². The van der Waals surface area contributed by atoms with E-state index in [1.807, 2.05) is 0 Å². The topological polar surface area (TPSA) is 9.23 Å². The minimum atomic E-state index is 0.188. The van der Waals surface area contributed by atoms with Gasteiger partial charge in [0.1, 0.15) is 5.76 Å². The summed E-state index contributed by atoms with van der Waals surface area (Å²) in [4.78, 5) is 0. The van der Waals surface area contributed by atoms with Crippen molar-refractivity contribution in [3.8, 4) is 0 Å². The Kier molecular flexibility index (Phi) is 2.08. The number of hydrogen-bond acceptors (Lipinski definition) is 1. The van der Waals surface area contributed by atoms with Crippen molar-refractivity contribution in [3.05, 3.63) is 23.5 Å². The zero-order valence-corrected chi connectivity index (χ0v) is 7.77. The first-order chi connectivity index (χ1) is 5.06. The van der Waals surface area contributed by atoms with Gasteiger partial charge in [0.25, 0.3) is 0 Å². The Balaban J connectivity index is 2.89. The van der Waals surface area contributed by atoms with Gasteiger partial charge in [-0.25, -0.2) is 0 Å². The van der Waals surface area contributed by atoms with Crippen LogP contribution in [0.2, 0.25) is 0 Å². The van der Waals surface area contributed by atoms with E-state index in [2.05, 4.69) is 32.9 Å². The van der Waals surface area contributed by atoms with Gasteiger partial charge in [0.15, 0.2) is 0 Å². The summed E-state index contributed by atoms with van der Waals surface area (Å²) >= 11 is 0. The van der Waals surface area contributed by atoms with Gasteiger partial charge < -0.3 is 4.74 Å². The predicted molar refractivity (Wildman–Crippen MR) is 47.2 cm³/mol. The fourth-order valence-corrected chi connectivity index (χ4v) is 1.63. The lowest BCUT2D eigenvalue weighted by molar-refractivity contribution is 0.190. The Morgan fingerprint density at radius 3 is 2.45 bits per heavy atom. The van der Waals surface area contributed by atoms with Crippen LogP contribution in [-0.2, 0) is 4.74 Å². The van der Waals surface area contributed by atoms with Crippen LogP contribution in [0.25, 0.3) is 0 Å². The van der Waals surface area contributed by atoms with Crippen LogP contribution in [0.1, 0.15) is 27.2 Å². The second-order valence-corrected chi connectivity index (χ2v) is 3.81. The Morgan fingerprint density at radius 1 is 1.36 bits per heavy atom. The number of hydrogen-bond donors (Lipinski definition) is 0. The predicted octanol–water partition coefficient (Wildman–Crippen LogP) is 2.89. The lowest BCUT2D eigenvalue weighted by Gasteiger charge is -2.29. The SMILES string of the molecule is COC1=CC=C(C)CC1(C)C. The maximum atomic E-state index is 5.27. The molecule has 0 atom stereocenters. The molecule has 0 amide bonds. The van der Waals surface area contributed by atoms with Crippen molar-refractivity contribution < 1.29 is 4.74 Å². The fraction of sp³-hybridized carbons (Fsp3) is 0.600. The third kappa shape index (κ3) is 1.65. The Bertz CT molecular complexity index is 209. The second kappa shape index (κ2) is 2.72. The van der Waals surface area contributed by atoms with E-state index in [0.29, 0.717) is 0 Å². The van der Waals surface area contributed by atoms with Crippen LogP contribution in [0.4, 0.5) is 0 Å². The minimum Gasteiger partial charge on any atom is -0.501 e.